The summed E-state index contributed by atoms with van der Waals surface area (Å²) in [6, 6.07) is -1.42. The maximum Gasteiger partial charge on any atom is 0.403 e. The molecule has 1 fully saturated rings. The molecule has 1 aliphatic rings. The maximum atomic E-state index is 12.0. The Labute approximate surface area is 68.1 Å². The SMILES string of the molecule is O=CC1CCC(C(F)(F)F)NC1. The second kappa shape index (κ2) is 3.43. The van der Waals surface area contributed by atoms with Crippen LogP contribution in [0.25, 0.3) is 0 Å². The molecule has 2 unspecified atom stereocenters. The molecular weight excluding hydrogens is 171 g/mol. The fourth-order valence-corrected chi connectivity index (χ4v) is 1.27. The molecule has 0 bridgehead atoms. The van der Waals surface area contributed by atoms with Crippen LogP contribution in [-0.4, -0.2) is 25.0 Å². The molecule has 0 aromatic carbocycles. The topological polar surface area (TPSA) is 29.1 Å². The zero-order chi connectivity index (χ0) is 9.19. The van der Waals surface area contributed by atoms with E-state index >= 15 is 0 Å². The van der Waals surface area contributed by atoms with Crippen LogP contribution in [0.5, 0.6) is 0 Å². The van der Waals surface area contributed by atoms with E-state index in [1.807, 2.05) is 0 Å². The van der Waals surface area contributed by atoms with Crippen LogP contribution >= 0.6 is 0 Å². The smallest absolute Gasteiger partial charge is 0.305 e. The standard InChI is InChI=1S/C7H10F3NO/c8-7(9,10)6-2-1-5(4-12)3-11-6/h4-6,11H,1-3H2. The van der Waals surface area contributed by atoms with Crippen molar-refractivity contribution in [2.24, 2.45) is 5.92 Å². The van der Waals surface area contributed by atoms with Gasteiger partial charge in [0.15, 0.2) is 0 Å². The molecule has 0 aliphatic carbocycles. The van der Waals surface area contributed by atoms with Gasteiger partial charge in [-0.3, -0.25) is 0 Å². The average Bonchev–Trinajstić information content (AvgIpc) is 2.03. The number of alkyl halides is 3. The molecule has 0 aromatic heterocycles. The van der Waals surface area contributed by atoms with Gasteiger partial charge in [0.2, 0.25) is 0 Å². The van der Waals surface area contributed by atoms with Crippen LogP contribution in [0.3, 0.4) is 0 Å². The molecule has 70 valence electrons. The molecular formula is C7H10F3NO. The molecule has 0 radical (unpaired) electrons. The van der Waals surface area contributed by atoms with Crippen molar-refractivity contribution in [1.82, 2.24) is 5.32 Å². The van der Waals surface area contributed by atoms with Gasteiger partial charge in [-0.15, -0.1) is 0 Å². The molecule has 2 nitrogen and oxygen atoms in total. The third-order valence-electron chi connectivity index (χ3n) is 2.04. The molecule has 0 saturated carbocycles. The minimum Gasteiger partial charge on any atom is -0.305 e. The van der Waals surface area contributed by atoms with Gasteiger partial charge in [0.05, 0.1) is 0 Å². The molecule has 5 heteroatoms. The number of hydrogen-bond acceptors (Lipinski definition) is 2. The minimum absolute atomic E-state index is 0.00685. The van der Waals surface area contributed by atoms with Crippen molar-refractivity contribution in [3.05, 3.63) is 0 Å². The first kappa shape index (κ1) is 9.51. The van der Waals surface area contributed by atoms with Gasteiger partial charge >= 0.3 is 6.18 Å². The highest BCUT2D eigenvalue weighted by molar-refractivity contribution is 5.54. The summed E-state index contributed by atoms with van der Waals surface area (Å²) < 4.78 is 36.1. The van der Waals surface area contributed by atoms with E-state index < -0.39 is 12.2 Å². The lowest BCUT2D eigenvalue weighted by atomic mass is 9.96. The molecule has 1 heterocycles. The van der Waals surface area contributed by atoms with E-state index in [9.17, 15) is 18.0 Å². The number of aldehydes is 1. The van der Waals surface area contributed by atoms with Crippen LogP contribution in [0.1, 0.15) is 12.8 Å². The summed E-state index contributed by atoms with van der Waals surface area (Å²) in [5.74, 6) is -0.247. The first-order chi connectivity index (χ1) is 5.54. The van der Waals surface area contributed by atoms with Crippen LogP contribution in [0.2, 0.25) is 0 Å². The number of rotatable bonds is 1. The third-order valence-corrected chi connectivity index (χ3v) is 2.04. The predicted octanol–water partition coefficient (Wildman–Crippen LogP) is 1.12. The van der Waals surface area contributed by atoms with Crippen molar-refractivity contribution in [1.29, 1.82) is 0 Å². The van der Waals surface area contributed by atoms with Crippen LogP contribution < -0.4 is 5.32 Å². The zero-order valence-corrected chi connectivity index (χ0v) is 6.40. The normalized spacial score (nSPS) is 31.6. The first-order valence-corrected chi connectivity index (χ1v) is 3.79. The third kappa shape index (κ3) is 2.20. The summed E-state index contributed by atoms with van der Waals surface area (Å²) in [6.45, 7) is 0.147. The zero-order valence-electron chi connectivity index (χ0n) is 6.40. The van der Waals surface area contributed by atoms with Gasteiger partial charge < -0.3 is 10.1 Å². The highest BCUT2D eigenvalue weighted by Gasteiger charge is 2.41. The summed E-state index contributed by atoms with van der Waals surface area (Å²) in [5, 5.41) is 2.30. The number of piperidine rings is 1. The summed E-state index contributed by atoms with van der Waals surface area (Å²) in [6.07, 6.45) is -3.12. The molecule has 0 amide bonds. The summed E-state index contributed by atoms with van der Waals surface area (Å²) in [5.41, 5.74) is 0. The second-order valence-electron chi connectivity index (χ2n) is 2.98. The van der Waals surface area contributed by atoms with Crippen LogP contribution in [0, 0.1) is 5.92 Å². The maximum absolute atomic E-state index is 12.0. The Balaban J connectivity index is 2.41. The van der Waals surface area contributed by atoms with Crippen molar-refractivity contribution >= 4 is 6.29 Å². The van der Waals surface area contributed by atoms with Crippen molar-refractivity contribution in [3.8, 4) is 0 Å². The van der Waals surface area contributed by atoms with E-state index in [-0.39, 0.29) is 18.9 Å². The van der Waals surface area contributed by atoms with Gasteiger partial charge in [-0.2, -0.15) is 13.2 Å². The Hall–Kier alpha value is -0.580. The molecule has 1 N–H and O–H groups in total. The number of halogens is 3. The van der Waals surface area contributed by atoms with Crippen LogP contribution in [0.15, 0.2) is 0 Å². The van der Waals surface area contributed by atoms with E-state index in [0.29, 0.717) is 12.7 Å². The lowest BCUT2D eigenvalue weighted by molar-refractivity contribution is -0.162. The number of carbonyl (C=O) groups excluding carboxylic acids is 1. The van der Waals surface area contributed by atoms with Crippen molar-refractivity contribution in [2.75, 3.05) is 6.54 Å². The predicted molar refractivity (Wildman–Crippen MR) is 36.6 cm³/mol. The lowest BCUT2D eigenvalue weighted by Crippen LogP contribution is -2.48. The summed E-state index contributed by atoms with van der Waals surface area (Å²) in [4.78, 5) is 10.2. The monoisotopic (exact) mass is 181 g/mol. The first-order valence-electron chi connectivity index (χ1n) is 3.79. The van der Waals surface area contributed by atoms with E-state index in [4.69, 9.17) is 0 Å². The lowest BCUT2D eigenvalue weighted by Gasteiger charge is -2.28. The van der Waals surface area contributed by atoms with Crippen LogP contribution in [0.4, 0.5) is 13.2 Å². The highest BCUT2D eigenvalue weighted by Crippen LogP contribution is 2.27. The number of hydrogen-bond donors (Lipinski definition) is 1. The van der Waals surface area contributed by atoms with Gasteiger partial charge in [-0.25, -0.2) is 0 Å². The Kier molecular flexibility index (Phi) is 2.72. The van der Waals surface area contributed by atoms with Gasteiger partial charge in [-0.05, 0) is 12.8 Å². The molecule has 2 atom stereocenters. The quantitative estimate of drug-likeness (QED) is 0.614. The molecule has 0 aromatic rings. The summed E-state index contributed by atoms with van der Waals surface area (Å²) in [7, 11) is 0. The molecule has 1 aliphatic heterocycles. The number of carbonyl (C=O) groups is 1. The van der Waals surface area contributed by atoms with Crippen LogP contribution in [-0.2, 0) is 4.79 Å². The van der Waals surface area contributed by atoms with Crippen molar-refractivity contribution < 1.29 is 18.0 Å². The van der Waals surface area contributed by atoms with E-state index in [1.54, 1.807) is 0 Å². The largest absolute Gasteiger partial charge is 0.403 e. The van der Waals surface area contributed by atoms with E-state index in [0.717, 1.165) is 0 Å². The fraction of sp³-hybridized carbons (Fsp3) is 0.857. The molecule has 0 spiro atoms. The second-order valence-corrected chi connectivity index (χ2v) is 2.98. The molecule has 12 heavy (non-hydrogen) atoms. The average molecular weight is 181 g/mol. The van der Waals surface area contributed by atoms with E-state index in [2.05, 4.69) is 5.32 Å². The molecule has 1 rings (SSSR count). The van der Waals surface area contributed by atoms with E-state index in [1.165, 1.54) is 0 Å². The Morgan fingerprint density at radius 3 is 2.33 bits per heavy atom. The van der Waals surface area contributed by atoms with Crippen molar-refractivity contribution in [2.45, 2.75) is 25.1 Å². The minimum atomic E-state index is -4.17. The highest BCUT2D eigenvalue weighted by atomic mass is 19.4. The Bertz CT molecular complexity index is 161. The van der Waals surface area contributed by atoms with Gasteiger partial charge in [-0.1, -0.05) is 0 Å². The van der Waals surface area contributed by atoms with Crippen molar-refractivity contribution in [3.63, 3.8) is 0 Å². The van der Waals surface area contributed by atoms with Gasteiger partial charge in [0, 0.05) is 12.5 Å². The summed E-state index contributed by atoms with van der Waals surface area (Å²) >= 11 is 0. The Morgan fingerprint density at radius 1 is 1.33 bits per heavy atom. The molecule has 1 saturated heterocycles. The fourth-order valence-electron chi connectivity index (χ4n) is 1.27. The Morgan fingerprint density at radius 2 is 2.00 bits per heavy atom. The van der Waals surface area contributed by atoms with Gasteiger partial charge in [0.1, 0.15) is 12.3 Å². The number of nitrogens with one attached hydrogen (secondary N) is 1. The van der Waals surface area contributed by atoms with Gasteiger partial charge in [0.25, 0.3) is 0 Å².